The Hall–Kier alpha value is -2.24. The maximum atomic E-state index is 12.2. The molecule has 0 spiro atoms. The van der Waals surface area contributed by atoms with Crippen molar-refractivity contribution >= 4 is 17.7 Å². The monoisotopic (exact) mass is 278 g/mol. The molecule has 0 bridgehead atoms. The molecule has 6 nitrogen and oxygen atoms in total. The molecule has 0 radical (unpaired) electrons. The molecular formula is C14H18N2O4. The summed E-state index contributed by atoms with van der Waals surface area (Å²) in [6, 6.07) is 6.25. The molecule has 20 heavy (non-hydrogen) atoms. The predicted octanol–water partition coefficient (Wildman–Crippen LogP) is 1.86. The van der Waals surface area contributed by atoms with Crippen LogP contribution in [0.4, 0.5) is 10.5 Å². The van der Waals surface area contributed by atoms with Gasteiger partial charge >= 0.3 is 12.0 Å². The van der Waals surface area contributed by atoms with Crippen molar-refractivity contribution in [2.45, 2.75) is 18.9 Å². The van der Waals surface area contributed by atoms with Crippen LogP contribution in [0.25, 0.3) is 0 Å². The molecule has 1 aliphatic rings. The van der Waals surface area contributed by atoms with E-state index in [2.05, 4.69) is 5.32 Å². The molecule has 6 heteroatoms. The lowest BCUT2D eigenvalue weighted by Crippen LogP contribution is -2.43. The van der Waals surface area contributed by atoms with Crippen molar-refractivity contribution in [2.24, 2.45) is 0 Å². The first-order valence-corrected chi connectivity index (χ1v) is 6.45. The largest absolute Gasteiger partial charge is 0.497 e. The van der Waals surface area contributed by atoms with Gasteiger partial charge in [0.25, 0.3) is 0 Å². The summed E-state index contributed by atoms with van der Waals surface area (Å²) in [5.41, 5.74) is 0.659. The summed E-state index contributed by atoms with van der Waals surface area (Å²) in [5.74, 6) is 0.351. The highest BCUT2D eigenvalue weighted by Crippen LogP contribution is 2.21. The van der Waals surface area contributed by atoms with E-state index < -0.39 is 6.04 Å². The van der Waals surface area contributed by atoms with E-state index in [4.69, 9.17) is 9.47 Å². The quantitative estimate of drug-likeness (QED) is 0.857. The molecule has 1 atom stereocenters. The molecule has 1 aromatic carbocycles. The van der Waals surface area contributed by atoms with Crippen LogP contribution in [0.15, 0.2) is 24.3 Å². The van der Waals surface area contributed by atoms with Gasteiger partial charge in [-0.1, -0.05) is 0 Å². The first kappa shape index (κ1) is 14.2. The van der Waals surface area contributed by atoms with E-state index in [0.29, 0.717) is 18.7 Å². The van der Waals surface area contributed by atoms with Crippen LogP contribution in [-0.2, 0) is 9.53 Å². The fraction of sp³-hybridized carbons (Fsp3) is 0.429. The lowest BCUT2D eigenvalue weighted by molar-refractivity contribution is -0.144. The van der Waals surface area contributed by atoms with Gasteiger partial charge in [-0.2, -0.15) is 0 Å². The molecular weight excluding hydrogens is 260 g/mol. The number of esters is 1. The number of rotatable bonds is 3. The van der Waals surface area contributed by atoms with E-state index in [9.17, 15) is 9.59 Å². The minimum absolute atomic E-state index is 0.289. The van der Waals surface area contributed by atoms with Crippen LogP contribution >= 0.6 is 0 Å². The molecule has 2 amide bonds. The Labute approximate surface area is 117 Å². The van der Waals surface area contributed by atoms with Crippen LogP contribution in [0.5, 0.6) is 5.75 Å². The molecule has 1 N–H and O–H groups in total. The van der Waals surface area contributed by atoms with Crippen molar-refractivity contribution in [2.75, 3.05) is 26.1 Å². The van der Waals surface area contributed by atoms with Crippen molar-refractivity contribution in [1.82, 2.24) is 4.90 Å². The van der Waals surface area contributed by atoms with Gasteiger partial charge in [0.15, 0.2) is 0 Å². The number of hydrogen-bond acceptors (Lipinski definition) is 4. The smallest absolute Gasteiger partial charge is 0.328 e. The van der Waals surface area contributed by atoms with Crippen LogP contribution < -0.4 is 10.1 Å². The summed E-state index contributed by atoms with van der Waals surface area (Å²) >= 11 is 0. The Bertz CT molecular complexity index is 486. The summed E-state index contributed by atoms with van der Waals surface area (Å²) in [6.45, 7) is 0.557. The van der Waals surface area contributed by atoms with Crippen LogP contribution in [0.2, 0.25) is 0 Å². The van der Waals surface area contributed by atoms with Crippen molar-refractivity contribution in [1.29, 1.82) is 0 Å². The average molecular weight is 278 g/mol. The summed E-state index contributed by atoms with van der Waals surface area (Å²) in [5, 5.41) is 2.77. The number of urea groups is 1. The van der Waals surface area contributed by atoms with Gasteiger partial charge in [-0.15, -0.1) is 0 Å². The highest BCUT2D eigenvalue weighted by molar-refractivity contribution is 5.93. The van der Waals surface area contributed by atoms with Gasteiger partial charge in [0.1, 0.15) is 11.8 Å². The maximum absolute atomic E-state index is 12.2. The minimum Gasteiger partial charge on any atom is -0.497 e. The maximum Gasteiger partial charge on any atom is 0.328 e. The van der Waals surface area contributed by atoms with E-state index in [-0.39, 0.29) is 12.0 Å². The van der Waals surface area contributed by atoms with Crippen molar-refractivity contribution in [3.8, 4) is 5.75 Å². The van der Waals surface area contributed by atoms with E-state index in [0.717, 1.165) is 12.2 Å². The number of carbonyl (C=O) groups is 2. The zero-order valence-corrected chi connectivity index (χ0v) is 11.6. The Morgan fingerprint density at radius 1 is 1.25 bits per heavy atom. The predicted molar refractivity (Wildman–Crippen MR) is 73.8 cm³/mol. The van der Waals surface area contributed by atoms with Crippen LogP contribution in [0, 0.1) is 0 Å². The molecule has 0 saturated carbocycles. The number of benzene rings is 1. The third kappa shape index (κ3) is 3.01. The fourth-order valence-electron chi connectivity index (χ4n) is 2.26. The standard InChI is InChI=1S/C14H18N2O4/c1-19-11-7-5-10(6-8-11)15-14(18)16-9-3-4-12(16)13(17)20-2/h5-8,12H,3-4,9H2,1-2H3,(H,15,18)/t12-/m1/s1. The summed E-state index contributed by atoms with van der Waals surface area (Å²) in [7, 11) is 2.92. The van der Waals surface area contributed by atoms with Gasteiger partial charge in [-0.25, -0.2) is 9.59 Å². The fourth-order valence-corrected chi connectivity index (χ4v) is 2.26. The Kier molecular flexibility index (Phi) is 4.45. The molecule has 1 heterocycles. The number of ether oxygens (including phenoxy) is 2. The number of likely N-dealkylation sites (tertiary alicyclic amines) is 1. The number of nitrogens with one attached hydrogen (secondary N) is 1. The topological polar surface area (TPSA) is 67.9 Å². The SMILES string of the molecule is COC(=O)[C@H]1CCCN1C(=O)Nc1ccc(OC)cc1. The third-order valence-corrected chi connectivity index (χ3v) is 3.33. The normalized spacial score (nSPS) is 17.7. The molecule has 2 rings (SSSR count). The zero-order valence-electron chi connectivity index (χ0n) is 11.6. The van der Waals surface area contributed by atoms with Crippen LogP contribution in [0.1, 0.15) is 12.8 Å². The van der Waals surface area contributed by atoms with E-state index in [1.54, 1.807) is 31.4 Å². The van der Waals surface area contributed by atoms with Crippen molar-refractivity contribution < 1.29 is 19.1 Å². The zero-order chi connectivity index (χ0) is 14.5. The highest BCUT2D eigenvalue weighted by atomic mass is 16.5. The molecule has 1 fully saturated rings. The van der Waals surface area contributed by atoms with Gasteiger partial charge < -0.3 is 19.7 Å². The van der Waals surface area contributed by atoms with Crippen LogP contribution in [0.3, 0.4) is 0 Å². The van der Waals surface area contributed by atoms with Gasteiger partial charge in [0, 0.05) is 12.2 Å². The number of anilines is 1. The van der Waals surface area contributed by atoms with Crippen molar-refractivity contribution in [3.63, 3.8) is 0 Å². The molecule has 1 saturated heterocycles. The number of amides is 2. The minimum atomic E-state index is -0.488. The number of methoxy groups -OCH3 is 2. The van der Waals surface area contributed by atoms with Crippen molar-refractivity contribution in [3.05, 3.63) is 24.3 Å². The third-order valence-electron chi connectivity index (χ3n) is 3.33. The van der Waals surface area contributed by atoms with Gasteiger partial charge in [0.05, 0.1) is 14.2 Å². The second-order valence-corrected chi connectivity index (χ2v) is 4.53. The average Bonchev–Trinajstić information content (AvgIpc) is 2.96. The first-order chi connectivity index (χ1) is 9.65. The summed E-state index contributed by atoms with van der Waals surface area (Å²) in [6.07, 6.45) is 1.44. The molecule has 0 unspecified atom stereocenters. The number of nitrogens with zero attached hydrogens (tertiary/aromatic N) is 1. The lowest BCUT2D eigenvalue weighted by Gasteiger charge is -2.23. The molecule has 108 valence electrons. The molecule has 0 aromatic heterocycles. The highest BCUT2D eigenvalue weighted by Gasteiger charge is 2.34. The summed E-state index contributed by atoms with van der Waals surface area (Å²) in [4.78, 5) is 25.3. The summed E-state index contributed by atoms with van der Waals surface area (Å²) < 4.78 is 9.77. The van der Waals surface area contributed by atoms with E-state index in [1.807, 2.05) is 0 Å². The Balaban J connectivity index is 2.01. The number of hydrogen-bond donors (Lipinski definition) is 1. The van der Waals surface area contributed by atoms with E-state index in [1.165, 1.54) is 12.0 Å². The van der Waals surface area contributed by atoms with Gasteiger partial charge in [-0.05, 0) is 37.1 Å². The lowest BCUT2D eigenvalue weighted by atomic mass is 10.2. The van der Waals surface area contributed by atoms with Gasteiger partial charge in [0.2, 0.25) is 0 Å². The van der Waals surface area contributed by atoms with Gasteiger partial charge in [-0.3, -0.25) is 0 Å². The molecule has 1 aromatic rings. The van der Waals surface area contributed by atoms with E-state index >= 15 is 0 Å². The number of carbonyl (C=O) groups excluding carboxylic acids is 2. The van der Waals surface area contributed by atoms with Crippen LogP contribution in [-0.4, -0.2) is 43.7 Å². The first-order valence-electron chi connectivity index (χ1n) is 6.45. The Morgan fingerprint density at radius 3 is 2.55 bits per heavy atom. The Morgan fingerprint density at radius 2 is 1.95 bits per heavy atom. The second-order valence-electron chi connectivity index (χ2n) is 4.53. The molecule has 0 aliphatic carbocycles. The second kappa shape index (κ2) is 6.27. The molecule has 1 aliphatic heterocycles.